The minimum atomic E-state index is -0.949. The Morgan fingerprint density at radius 2 is 1.96 bits per heavy atom. The van der Waals surface area contributed by atoms with Crippen molar-refractivity contribution < 1.29 is 19.4 Å². The molecule has 0 spiro atoms. The number of anilines is 1. The minimum Gasteiger partial charge on any atom is -0.497 e. The number of aromatic carboxylic acids is 1. The number of hydrogen-bond donors (Lipinski definition) is 1. The largest absolute Gasteiger partial charge is 0.497 e. The zero-order valence-corrected chi connectivity index (χ0v) is 14.9. The van der Waals surface area contributed by atoms with Crippen LogP contribution < -0.4 is 9.64 Å². The number of carboxylic acids is 1. The number of rotatable bonds is 5. The molecule has 1 fully saturated rings. The predicted molar refractivity (Wildman–Crippen MR) is 98.6 cm³/mol. The lowest BCUT2D eigenvalue weighted by Crippen LogP contribution is -2.55. The van der Waals surface area contributed by atoms with Crippen molar-refractivity contribution in [2.24, 2.45) is 0 Å². The number of benzene rings is 2. The maximum Gasteiger partial charge on any atom is 0.336 e. The summed E-state index contributed by atoms with van der Waals surface area (Å²) in [5.74, 6) is -0.243. The zero-order chi connectivity index (χ0) is 18.7. The van der Waals surface area contributed by atoms with E-state index in [4.69, 9.17) is 4.74 Å². The molecule has 0 aliphatic carbocycles. The van der Waals surface area contributed by atoms with E-state index in [1.807, 2.05) is 42.2 Å². The predicted octanol–water partition coefficient (Wildman–Crippen LogP) is 2.63. The van der Waals surface area contributed by atoms with Crippen molar-refractivity contribution in [3.8, 4) is 5.75 Å². The molecule has 6 nitrogen and oxygen atoms in total. The Kier molecular flexibility index (Phi) is 5.23. The Morgan fingerprint density at radius 1 is 1.19 bits per heavy atom. The van der Waals surface area contributed by atoms with E-state index < -0.39 is 5.97 Å². The van der Waals surface area contributed by atoms with Gasteiger partial charge >= 0.3 is 5.97 Å². The molecule has 0 saturated carbocycles. The summed E-state index contributed by atoms with van der Waals surface area (Å²) < 4.78 is 5.24. The van der Waals surface area contributed by atoms with Gasteiger partial charge in [0.25, 0.3) is 0 Å². The second-order valence-corrected chi connectivity index (χ2v) is 6.30. The highest BCUT2D eigenvalue weighted by atomic mass is 16.5. The molecule has 1 N–H and O–H groups in total. The first kappa shape index (κ1) is 17.9. The smallest absolute Gasteiger partial charge is 0.336 e. The van der Waals surface area contributed by atoms with Crippen LogP contribution >= 0.6 is 0 Å². The molecule has 2 aromatic rings. The van der Waals surface area contributed by atoms with Gasteiger partial charge in [-0.1, -0.05) is 24.3 Å². The molecule has 1 aliphatic heterocycles. The molecule has 1 atom stereocenters. The number of amides is 1. The molecule has 0 aromatic heterocycles. The first-order valence-corrected chi connectivity index (χ1v) is 8.52. The van der Waals surface area contributed by atoms with Crippen LogP contribution in [0.2, 0.25) is 0 Å². The van der Waals surface area contributed by atoms with Gasteiger partial charge in [-0.15, -0.1) is 0 Å². The number of methoxy groups -OCH3 is 1. The molecule has 0 radical (unpaired) electrons. The van der Waals surface area contributed by atoms with E-state index in [1.54, 1.807) is 30.2 Å². The van der Waals surface area contributed by atoms with Crippen LogP contribution in [0.5, 0.6) is 5.75 Å². The molecular formula is C20H22N2O4. The highest BCUT2D eigenvalue weighted by Crippen LogP contribution is 2.25. The lowest BCUT2D eigenvalue weighted by atomic mass is 10.0. The Labute approximate surface area is 152 Å². The van der Waals surface area contributed by atoms with E-state index in [-0.39, 0.29) is 17.5 Å². The monoisotopic (exact) mass is 354 g/mol. The SMILES string of the molecule is COc1cccc(N2CCN(Cc3ccccc3C(=O)O)[C@H](C)C2=O)c1. The summed E-state index contributed by atoms with van der Waals surface area (Å²) in [6.07, 6.45) is 0. The third-order valence-electron chi connectivity index (χ3n) is 4.77. The average molecular weight is 354 g/mol. The van der Waals surface area contributed by atoms with E-state index in [9.17, 15) is 14.7 Å². The van der Waals surface area contributed by atoms with E-state index >= 15 is 0 Å². The minimum absolute atomic E-state index is 0.00249. The van der Waals surface area contributed by atoms with Gasteiger partial charge in [0.15, 0.2) is 0 Å². The number of hydrogen-bond acceptors (Lipinski definition) is 4. The number of ether oxygens (including phenoxy) is 1. The molecule has 136 valence electrons. The lowest BCUT2D eigenvalue weighted by molar-refractivity contribution is -0.125. The Morgan fingerprint density at radius 3 is 2.69 bits per heavy atom. The van der Waals surface area contributed by atoms with Crippen molar-refractivity contribution in [2.75, 3.05) is 25.1 Å². The van der Waals surface area contributed by atoms with Crippen molar-refractivity contribution in [3.05, 3.63) is 59.7 Å². The third-order valence-corrected chi connectivity index (χ3v) is 4.77. The average Bonchev–Trinajstić information content (AvgIpc) is 2.66. The van der Waals surface area contributed by atoms with Gasteiger partial charge in [-0.05, 0) is 30.7 Å². The summed E-state index contributed by atoms with van der Waals surface area (Å²) in [6, 6.07) is 14.0. The molecule has 1 saturated heterocycles. The van der Waals surface area contributed by atoms with Gasteiger partial charge in [-0.2, -0.15) is 0 Å². The summed E-state index contributed by atoms with van der Waals surface area (Å²) >= 11 is 0. The number of nitrogens with zero attached hydrogens (tertiary/aromatic N) is 2. The second-order valence-electron chi connectivity index (χ2n) is 6.30. The summed E-state index contributed by atoms with van der Waals surface area (Å²) in [4.78, 5) is 28.0. The van der Waals surface area contributed by atoms with Crippen LogP contribution in [-0.4, -0.2) is 48.1 Å². The number of carbonyl (C=O) groups is 2. The number of carbonyl (C=O) groups excluding carboxylic acids is 1. The zero-order valence-electron chi connectivity index (χ0n) is 14.9. The molecule has 2 aromatic carbocycles. The Hall–Kier alpha value is -2.86. The van der Waals surface area contributed by atoms with Gasteiger partial charge in [0, 0.05) is 31.4 Å². The molecule has 0 bridgehead atoms. The summed E-state index contributed by atoms with van der Waals surface area (Å²) in [7, 11) is 1.60. The fourth-order valence-corrected chi connectivity index (χ4v) is 3.25. The van der Waals surface area contributed by atoms with Crippen molar-refractivity contribution in [3.63, 3.8) is 0 Å². The molecule has 26 heavy (non-hydrogen) atoms. The standard InChI is InChI=1S/C20H22N2O4/c1-14-19(23)22(16-7-5-8-17(12-16)26-2)11-10-21(14)13-15-6-3-4-9-18(15)20(24)25/h3-9,12,14H,10-11,13H2,1-2H3,(H,24,25)/t14-/m1/s1. The Bertz CT molecular complexity index is 821. The fraction of sp³-hybridized carbons (Fsp3) is 0.300. The van der Waals surface area contributed by atoms with Gasteiger partial charge in [-0.3, -0.25) is 9.69 Å². The highest BCUT2D eigenvalue weighted by molar-refractivity contribution is 5.98. The maximum atomic E-state index is 12.9. The van der Waals surface area contributed by atoms with E-state index in [0.29, 0.717) is 25.4 Å². The van der Waals surface area contributed by atoms with Crippen molar-refractivity contribution >= 4 is 17.6 Å². The van der Waals surface area contributed by atoms with Crippen LogP contribution in [0.3, 0.4) is 0 Å². The third kappa shape index (κ3) is 3.55. The summed E-state index contributed by atoms with van der Waals surface area (Å²) in [5, 5.41) is 9.35. The van der Waals surface area contributed by atoms with Gasteiger partial charge in [0.2, 0.25) is 5.91 Å². The van der Waals surface area contributed by atoms with Crippen LogP contribution in [0, 0.1) is 0 Å². The van der Waals surface area contributed by atoms with E-state index in [0.717, 1.165) is 11.3 Å². The fourth-order valence-electron chi connectivity index (χ4n) is 3.25. The van der Waals surface area contributed by atoms with Gasteiger partial charge in [0.1, 0.15) is 5.75 Å². The molecule has 1 aliphatic rings. The second kappa shape index (κ2) is 7.58. The first-order chi connectivity index (χ1) is 12.5. The van der Waals surface area contributed by atoms with Crippen LogP contribution in [0.4, 0.5) is 5.69 Å². The van der Waals surface area contributed by atoms with Crippen molar-refractivity contribution in [1.29, 1.82) is 0 Å². The van der Waals surface area contributed by atoms with Crippen LogP contribution in [-0.2, 0) is 11.3 Å². The van der Waals surface area contributed by atoms with Crippen LogP contribution in [0.25, 0.3) is 0 Å². The topological polar surface area (TPSA) is 70.1 Å². The van der Waals surface area contributed by atoms with Crippen LogP contribution in [0.1, 0.15) is 22.8 Å². The molecule has 6 heteroatoms. The van der Waals surface area contributed by atoms with Crippen molar-refractivity contribution in [2.45, 2.75) is 19.5 Å². The Balaban J connectivity index is 1.77. The maximum absolute atomic E-state index is 12.9. The molecule has 3 rings (SSSR count). The normalized spacial score (nSPS) is 18.0. The van der Waals surface area contributed by atoms with Crippen molar-refractivity contribution in [1.82, 2.24) is 4.90 Å². The van der Waals surface area contributed by atoms with Gasteiger partial charge in [-0.25, -0.2) is 4.79 Å². The highest BCUT2D eigenvalue weighted by Gasteiger charge is 2.32. The molecule has 1 heterocycles. The lowest BCUT2D eigenvalue weighted by Gasteiger charge is -2.39. The van der Waals surface area contributed by atoms with E-state index in [2.05, 4.69) is 0 Å². The number of piperazine rings is 1. The van der Waals surface area contributed by atoms with Gasteiger partial charge in [0.05, 0.1) is 18.7 Å². The molecule has 0 unspecified atom stereocenters. The molecular weight excluding hydrogens is 332 g/mol. The summed E-state index contributed by atoms with van der Waals surface area (Å²) in [5.41, 5.74) is 1.81. The van der Waals surface area contributed by atoms with Gasteiger partial charge < -0.3 is 14.7 Å². The first-order valence-electron chi connectivity index (χ1n) is 8.52. The van der Waals surface area contributed by atoms with E-state index in [1.165, 1.54) is 0 Å². The number of carboxylic acid groups (broad SMARTS) is 1. The summed E-state index contributed by atoms with van der Waals surface area (Å²) in [6.45, 7) is 3.50. The quantitative estimate of drug-likeness (QED) is 0.894. The van der Waals surface area contributed by atoms with Crippen LogP contribution in [0.15, 0.2) is 48.5 Å². The molecule has 1 amide bonds.